The Bertz CT molecular complexity index is 1350. The van der Waals surface area contributed by atoms with Crippen molar-refractivity contribution in [2.24, 2.45) is 0 Å². The molecule has 1 N–H and O–H groups in total. The Labute approximate surface area is 216 Å². The van der Waals surface area contributed by atoms with Crippen LogP contribution in [0, 0.1) is 0 Å². The van der Waals surface area contributed by atoms with Crippen molar-refractivity contribution in [1.82, 2.24) is 15.1 Å². The number of nitrogens with one attached hydrogen (secondary N) is 1. The van der Waals surface area contributed by atoms with Crippen molar-refractivity contribution in [2.45, 2.75) is 6.54 Å². The molecule has 3 aromatic carbocycles. The molecule has 1 aliphatic heterocycles. The molecule has 8 nitrogen and oxygen atoms in total. The van der Waals surface area contributed by atoms with Gasteiger partial charge in [0.1, 0.15) is 17.2 Å². The van der Waals surface area contributed by atoms with Gasteiger partial charge >= 0.3 is 0 Å². The van der Waals surface area contributed by atoms with Crippen molar-refractivity contribution < 1.29 is 19.0 Å². The van der Waals surface area contributed by atoms with Crippen molar-refractivity contribution in [2.75, 3.05) is 45.4 Å². The zero-order valence-corrected chi connectivity index (χ0v) is 21.0. The second-order valence-corrected chi connectivity index (χ2v) is 8.69. The van der Waals surface area contributed by atoms with E-state index in [1.807, 2.05) is 60.7 Å². The molecule has 0 saturated carbocycles. The first-order valence-electron chi connectivity index (χ1n) is 12.2. The highest BCUT2D eigenvalue weighted by molar-refractivity contribution is 6.00. The van der Waals surface area contributed by atoms with Crippen molar-refractivity contribution in [1.29, 1.82) is 0 Å². The fourth-order valence-corrected chi connectivity index (χ4v) is 4.37. The Morgan fingerprint density at radius 1 is 0.946 bits per heavy atom. The lowest BCUT2D eigenvalue weighted by molar-refractivity contribution is 0.0951. The van der Waals surface area contributed by atoms with Crippen LogP contribution in [-0.2, 0) is 11.3 Å². The van der Waals surface area contributed by atoms with E-state index >= 15 is 0 Å². The van der Waals surface area contributed by atoms with Gasteiger partial charge in [-0.05, 0) is 48.0 Å². The van der Waals surface area contributed by atoms with Crippen molar-refractivity contribution in [3.8, 4) is 28.4 Å². The highest BCUT2D eigenvalue weighted by Crippen LogP contribution is 2.35. The minimum Gasteiger partial charge on any atom is -0.497 e. The summed E-state index contributed by atoms with van der Waals surface area (Å²) in [5.74, 6) is 1.03. The molecule has 4 aromatic rings. The van der Waals surface area contributed by atoms with Gasteiger partial charge in [-0.2, -0.15) is 5.10 Å². The van der Waals surface area contributed by atoms with E-state index in [0.717, 1.165) is 43.2 Å². The van der Waals surface area contributed by atoms with Gasteiger partial charge in [-0.15, -0.1) is 0 Å². The fourth-order valence-electron chi connectivity index (χ4n) is 4.37. The predicted molar refractivity (Wildman–Crippen MR) is 143 cm³/mol. The van der Waals surface area contributed by atoms with E-state index in [4.69, 9.17) is 19.3 Å². The first-order valence-corrected chi connectivity index (χ1v) is 12.2. The average molecular weight is 499 g/mol. The third-order valence-corrected chi connectivity index (χ3v) is 6.41. The van der Waals surface area contributed by atoms with Crippen molar-refractivity contribution >= 4 is 11.6 Å². The van der Waals surface area contributed by atoms with E-state index in [9.17, 15) is 4.79 Å². The first kappa shape index (κ1) is 24.4. The number of anilines is 1. The molecular formula is C29H30N4O4. The van der Waals surface area contributed by atoms with Crippen LogP contribution in [0.15, 0.2) is 79.0 Å². The standard InChI is InChI=1S/C29H30N4O4/c1-35-24-12-13-27(36-2)25(18-24)28-26(20-33(31-28)23-6-4-3-5-7-23)29(34)30-19-21-8-10-22(11-9-21)32-14-16-37-17-15-32/h3-13,18,20H,14-17,19H2,1-2H3,(H,30,34). The molecule has 0 atom stereocenters. The molecule has 0 aliphatic carbocycles. The van der Waals surface area contributed by atoms with Crippen LogP contribution >= 0.6 is 0 Å². The Morgan fingerprint density at radius 3 is 2.41 bits per heavy atom. The number of morpholine rings is 1. The number of rotatable bonds is 8. The molecule has 1 fully saturated rings. The molecule has 0 bridgehead atoms. The third kappa shape index (κ3) is 5.44. The van der Waals surface area contributed by atoms with E-state index < -0.39 is 0 Å². The number of carbonyl (C=O) groups is 1. The second kappa shape index (κ2) is 11.2. The summed E-state index contributed by atoms with van der Waals surface area (Å²) in [6.07, 6.45) is 1.75. The molecule has 2 heterocycles. The third-order valence-electron chi connectivity index (χ3n) is 6.41. The van der Waals surface area contributed by atoms with Gasteiger partial charge in [-0.25, -0.2) is 4.68 Å². The summed E-state index contributed by atoms with van der Waals surface area (Å²) in [6, 6.07) is 23.4. The number of amides is 1. The molecule has 1 aromatic heterocycles. The Balaban J connectivity index is 1.41. The number of hydrogen-bond acceptors (Lipinski definition) is 6. The number of para-hydroxylation sites is 1. The van der Waals surface area contributed by atoms with Gasteiger partial charge < -0.3 is 24.4 Å². The maximum atomic E-state index is 13.5. The maximum Gasteiger partial charge on any atom is 0.255 e. The predicted octanol–water partition coefficient (Wildman–Crippen LogP) is 4.32. The summed E-state index contributed by atoms with van der Waals surface area (Å²) in [7, 11) is 3.20. The smallest absolute Gasteiger partial charge is 0.255 e. The normalized spacial score (nSPS) is 13.3. The Hall–Kier alpha value is -4.30. The largest absolute Gasteiger partial charge is 0.497 e. The quantitative estimate of drug-likeness (QED) is 0.390. The van der Waals surface area contributed by atoms with E-state index in [0.29, 0.717) is 34.9 Å². The SMILES string of the molecule is COc1ccc(OC)c(-c2nn(-c3ccccc3)cc2C(=O)NCc2ccc(N3CCOCC3)cc2)c1. The van der Waals surface area contributed by atoms with Crippen LogP contribution in [0.1, 0.15) is 15.9 Å². The minimum absolute atomic E-state index is 0.223. The zero-order chi connectivity index (χ0) is 25.6. The average Bonchev–Trinajstić information content (AvgIpc) is 3.42. The Morgan fingerprint density at radius 2 is 1.70 bits per heavy atom. The van der Waals surface area contributed by atoms with Crippen LogP contribution < -0.4 is 19.7 Å². The molecule has 1 amide bonds. The number of benzene rings is 3. The number of nitrogens with zero attached hydrogens (tertiary/aromatic N) is 3. The highest BCUT2D eigenvalue weighted by Gasteiger charge is 2.22. The fraction of sp³-hybridized carbons (Fsp3) is 0.241. The summed E-state index contributed by atoms with van der Waals surface area (Å²) in [5.41, 5.74) is 4.66. The van der Waals surface area contributed by atoms with Gasteiger partial charge in [-0.3, -0.25) is 4.79 Å². The monoisotopic (exact) mass is 498 g/mol. The highest BCUT2D eigenvalue weighted by atomic mass is 16.5. The number of methoxy groups -OCH3 is 2. The molecular weight excluding hydrogens is 468 g/mol. The molecule has 1 aliphatic rings. The molecule has 1 saturated heterocycles. The summed E-state index contributed by atoms with van der Waals surface area (Å²) in [6.45, 7) is 3.66. The molecule has 190 valence electrons. The summed E-state index contributed by atoms with van der Waals surface area (Å²) in [4.78, 5) is 15.8. The molecule has 37 heavy (non-hydrogen) atoms. The second-order valence-electron chi connectivity index (χ2n) is 8.69. The van der Waals surface area contributed by atoms with Gasteiger partial charge in [0.05, 0.1) is 38.7 Å². The van der Waals surface area contributed by atoms with Crippen LogP contribution in [-0.4, -0.2) is 56.2 Å². The van der Waals surface area contributed by atoms with Crippen LogP contribution in [0.3, 0.4) is 0 Å². The topological polar surface area (TPSA) is 77.8 Å². The molecule has 0 spiro atoms. The van der Waals surface area contributed by atoms with Crippen LogP contribution in [0.5, 0.6) is 11.5 Å². The van der Waals surface area contributed by atoms with Gasteiger partial charge in [0.15, 0.2) is 0 Å². The van der Waals surface area contributed by atoms with Crippen LogP contribution in [0.4, 0.5) is 5.69 Å². The lowest BCUT2D eigenvalue weighted by atomic mass is 10.1. The first-order chi connectivity index (χ1) is 18.2. The lowest BCUT2D eigenvalue weighted by Crippen LogP contribution is -2.36. The van der Waals surface area contributed by atoms with E-state index in [1.54, 1.807) is 25.1 Å². The van der Waals surface area contributed by atoms with E-state index in [2.05, 4.69) is 22.3 Å². The number of ether oxygens (including phenoxy) is 3. The summed E-state index contributed by atoms with van der Waals surface area (Å²) in [5, 5.41) is 7.84. The van der Waals surface area contributed by atoms with E-state index in [-0.39, 0.29) is 5.91 Å². The van der Waals surface area contributed by atoms with E-state index in [1.165, 1.54) is 0 Å². The molecule has 0 unspecified atom stereocenters. The molecule has 8 heteroatoms. The molecule has 5 rings (SSSR count). The van der Waals surface area contributed by atoms with Crippen molar-refractivity contribution in [3.63, 3.8) is 0 Å². The number of hydrogen-bond donors (Lipinski definition) is 1. The van der Waals surface area contributed by atoms with Crippen molar-refractivity contribution in [3.05, 3.63) is 90.1 Å². The zero-order valence-electron chi connectivity index (χ0n) is 21.0. The van der Waals surface area contributed by atoms with Crippen LogP contribution in [0.25, 0.3) is 16.9 Å². The van der Waals surface area contributed by atoms with Gasteiger partial charge in [0.2, 0.25) is 0 Å². The van der Waals surface area contributed by atoms with Gasteiger partial charge in [0.25, 0.3) is 5.91 Å². The Kier molecular flexibility index (Phi) is 7.37. The van der Waals surface area contributed by atoms with Crippen LogP contribution in [0.2, 0.25) is 0 Å². The summed E-state index contributed by atoms with van der Waals surface area (Å²) >= 11 is 0. The van der Waals surface area contributed by atoms with Gasteiger partial charge in [0, 0.05) is 37.1 Å². The minimum atomic E-state index is -0.223. The molecule has 0 radical (unpaired) electrons. The maximum absolute atomic E-state index is 13.5. The lowest BCUT2D eigenvalue weighted by Gasteiger charge is -2.28. The number of aromatic nitrogens is 2. The van der Waals surface area contributed by atoms with Gasteiger partial charge in [-0.1, -0.05) is 30.3 Å². The summed E-state index contributed by atoms with van der Waals surface area (Å²) < 4.78 is 18.2. The number of carbonyl (C=O) groups excluding carboxylic acids is 1.